The molecule has 10 heteroatoms. The Morgan fingerprint density at radius 1 is 1.03 bits per heavy atom. The number of aryl methyl sites for hydroxylation is 1. The Labute approximate surface area is 237 Å². The zero-order valence-corrected chi connectivity index (χ0v) is 24.3. The van der Waals surface area contributed by atoms with E-state index in [1.807, 2.05) is 38.2 Å². The predicted octanol–water partition coefficient (Wildman–Crippen LogP) is 4.21. The minimum absolute atomic E-state index is 0.0215. The highest BCUT2D eigenvalue weighted by molar-refractivity contribution is 9.10. The van der Waals surface area contributed by atoms with Crippen molar-refractivity contribution in [2.75, 3.05) is 20.1 Å². The quantitative estimate of drug-likeness (QED) is 0.355. The summed E-state index contributed by atoms with van der Waals surface area (Å²) in [6.07, 6.45) is 2.45. The van der Waals surface area contributed by atoms with E-state index in [2.05, 4.69) is 30.9 Å². The summed E-state index contributed by atoms with van der Waals surface area (Å²) in [5.41, 5.74) is 2.79. The van der Waals surface area contributed by atoms with Crippen LogP contribution in [0.1, 0.15) is 39.9 Å². The van der Waals surface area contributed by atoms with E-state index in [1.54, 1.807) is 30.3 Å². The summed E-state index contributed by atoms with van der Waals surface area (Å²) in [6, 6.07) is 18.8. The Morgan fingerprint density at radius 2 is 1.72 bits per heavy atom. The standard InChI is InChI=1S/C29H32BrN3O5S/c1-20-5-14-25(27(18-20)38-19-22-6-10-23(30)11-7-22)28(34)32-39(36,37)24-12-8-21(9-13-24)15-16-31-29(35)26-4-3-17-33(26)2/h5-14,18,26H,3-4,15-17,19H2,1-2H3,(H,31,35)(H,32,34)/t26-/m0/s1. The van der Waals surface area contributed by atoms with Gasteiger partial charge in [0.15, 0.2) is 0 Å². The molecule has 206 valence electrons. The van der Waals surface area contributed by atoms with Crippen LogP contribution in [0.5, 0.6) is 5.75 Å². The molecule has 1 aliphatic heterocycles. The Morgan fingerprint density at radius 3 is 2.38 bits per heavy atom. The van der Waals surface area contributed by atoms with Gasteiger partial charge in [-0.3, -0.25) is 14.5 Å². The van der Waals surface area contributed by atoms with Gasteiger partial charge in [0.1, 0.15) is 12.4 Å². The van der Waals surface area contributed by atoms with Crippen molar-refractivity contribution in [2.45, 2.75) is 43.7 Å². The molecule has 0 radical (unpaired) electrons. The third-order valence-electron chi connectivity index (χ3n) is 6.69. The molecule has 3 aromatic rings. The molecule has 2 amide bonds. The summed E-state index contributed by atoms with van der Waals surface area (Å²) in [5, 5.41) is 2.96. The fourth-order valence-corrected chi connectivity index (χ4v) is 5.67. The zero-order chi connectivity index (χ0) is 28.0. The molecule has 1 atom stereocenters. The lowest BCUT2D eigenvalue weighted by Crippen LogP contribution is -2.42. The summed E-state index contributed by atoms with van der Waals surface area (Å²) in [5.74, 6) is -0.454. The molecule has 1 heterocycles. The van der Waals surface area contributed by atoms with Gasteiger partial charge in [0.2, 0.25) is 5.91 Å². The summed E-state index contributed by atoms with van der Waals surface area (Å²) in [7, 11) is -2.16. The van der Waals surface area contributed by atoms with E-state index in [-0.39, 0.29) is 29.0 Å². The van der Waals surface area contributed by atoms with Gasteiger partial charge in [0.25, 0.3) is 15.9 Å². The second-order valence-electron chi connectivity index (χ2n) is 9.67. The number of halogens is 1. The average Bonchev–Trinajstić information content (AvgIpc) is 3.34. The molecule has 0 bridgehead atoms. The molecule has 3 aromatic carbocycles. The molecule has 8 nitrogen and oxygen atoms in total. The lowest BCUT2D eigenvalue weighted by molar-refractivity contribution is -0.125. The van der Waals surface area contributed by atoms with Gasteiger partial charge in [-0.05, 0) is 92.9 Å². The lowest BCUT2D eigenvalue weighted by Gasteiger charge is -2.18. The van der Waals surface area contributed by atoms with Crippen LogP contribution in [0.4, 0.5) is 0 Å². The second kappa shape index (κ2) is 12.8. The molecule has 39 heavy (non-hydrogen) atoms. The molecule has 1 saturated heterocycles. The second-order valence-corrected chi connectivity index (χ2v) is 12.3. The molecule has 4 rings (SSSR count). The van der Waals surface area contributed by atoms with Crippen LogP contribution >= 0.6 is 15.9 Å². The number of likely N-dealkylation sites (tertiary alicyclic amines) is 1. The molecule has 0 unspecified atom stereocenters. The van der Waals surface area contributed by atoms with Crippen molar-refractivity contribution in [2.24, 2.45) is 0 Å². The van der Waals surface area contributed by atoms with Crippen LogP contribution in [-0.2, 0) is 27.8 Å². The molecule has 0 saturated carbocycles. The van der Waals surface area contributed by atoms with Gasteiger partial charge in [-0.2, -0.15) is 0 Å². The Hall–Kier alpha value is -3.21. The molecule has 1 aliphatic rings. The summed E-state index contributed by atoms with van der Waals surface area (Å²) in [6.45, 7) is 3.48. The van der Waals surface area contributed by atoms with E-state index in [0.29, 0.717) is 18.7 Å². The van der Waals surface area contributed by atoms with Gasteiger partial charge in [-0.1, -0.05) is 46.3 Å². The van der Waals surface area contributed by atoms with Crippen molar-refractivity contribution in [1.82, 2.24) is 14.9 Å². The Bertz CT molecular complexity index is 1430. The van der Waals surface area contributed by atoms with Crippen molar-refractivity contribution in [3.63, 3.8) is 0 Å². The van der Waals surface area contributed by atoms with Crippen molar-refractivity contribution in [1.29, 1.82) is 0 Å². The largest absolute Gasteiger partial charge is 0.488 e. The minimum Gasteiger partial charge on any atom is -0.488 e. The van der Waals surface area contributed by atoms with Crippen LogP contribution in [0, 0.1) is 6.92 Å². The maximum absolute atomic E-state index is 13.0. The van der Waals surface area contributed by atoms with E-state index in [9.17, 15) is 18.0 Å². The highest BCUT2D eigenvalue weighted by Crippen LogP contribution is 2.23. The first kappa shape index (κ1) is 28.8. The third kappa shape index (κ3) is 7.68. The smallest absolute Gasteiger partial charge is 0.268 e. The maximum atomic E-state index is 13.0. The van der Waals surface area contributed by atoms with Gasteiger partial charge < -0.3 is 10.1 Å². The number of ether oxygens (including phenoxy) is 1. The number of hydrogen-bond donors (Lipinski definition) is 2. The average molecular weight is 615 g/mol. The van der Waals surface area contributed by atoms with Gasteiger partial charge >= 0.3 is 0 Å². The number of rotatable bonds is 10. The normalized spacial score (nSPS) is 15.6. The Balaban J connectivity index is 1.36. The summed E-state index contributed by atoms with van der Waals surface area (Å²) < 4.78 is 34.9. The monoisotopic (exact) mass is 613 g/mol. The van der Waals surface area contributed by atoms with E-state index in [0.717, 1.165) is 40.5 Å². The van der Waals surface area contributed by atoms with E-state index in [1.165, 1.54) is 12.1 Å². The van der Waals surface area contributed by atoms with Crippen LogP contribution in [0.2, 0.25) is 0 Å². The van der Waals surface area contributed by atoms with E-state index >= 15 is 0 Å². The molecular weight excluding hydrogens is 582 g/mol. The first-order valence-corrected chi connectivity index (χ1v) is 15.0. The molecule has 1 fully saturated rings. The summed E-state index contributed by atoms with van der Waals surface area (Å²) in [4.78, 5) is 27.4. The Kier molecular flexibility index (Phi) is 9.42. The van der Waals surface area contributed by atoms with Gasteiger partial charge in [-0.25, -0.2) is 13.1 Å². The number of carbonyl (C=O) groups excluding carboxylic acids is 2. The van der Waals surface area contributed by atoms with Crippen molar-refractivity contribution < 1.29 is 22.7 Å². The zero-order valence-electron chi connectivity index (χ0n) is 21.9. The number of sulfonamides is 1. The fraction of sp³-hybridized carbons (Fsp3) is 0.310. The number of benzene rings is 3. The first-order chi connectivity index (χ1) is 18.6. The van der Waals surface area contributed by atoms with E-state index in [4.69, 9.17) is 4.74 Å². The third-order valence-corrected chi connectivity index (χ3v) is 8.56. The topological polar surface area (TPSA) is 105 Å². The minimum atomic E-state index is -4.11. The highest BCUT2D eigenvalue weighted by atomic mass is 79.9. The van der Waals surface area contributed by atoms with Gasteiger partial charge in [0.05, 0.1) is 16.5 Å². The van der Waals surface area contributed by atoms with Crippen LogP contribution in [0.3, 0.4) is 0 Å². The number of carbonyl (C=O) groups is 2. The highest BCUT2D eigenvalue weighted by Gasteiger charge is 2.27. The summed E-state index contributed by atoms with van der Waals surface area (Å²) >= 11 is 3.39. The molecule has 2 N–H and O–H groups in total. The van der Waals surface area contributed by atoms with Crippen molar-refractivity contribution >= 4 is 37.8 Å². The number of nitrogens with zero attached hydrogens (tertiary/aromatic N) is 1. The fourth-order valence-electron chi connectivity index (χ4n) is 4.44. The molecular formula is C29H32BrN3O5S. The number of amides is 2. The van der Waals surface area contributed by atoms with Gasteiger partial charge in [0, 0.05) is 11.0 Å². The van der Waals surface area contributed by atoms with Crippen LogP contribution in [-0.4, -0.2) is 51.3 Å². The van der Waals surface area contributed by atoms with Crippen molar-refractivity contribution in [3.8, 4) is 5.75 Å². The van der Waals surface area contributed by atoms with Crippen molar-refractivity contribution in [3.05, 3.63) is 93.5 Å². The first-order valence-electron chi connectivity index (χ1n) is 12.7. The molecule has 0 spiro atoms. The van der Waals surface area contributed by atoms with Crippen LogP contribution < -0.4 is 14.8 Å². The van der Waals surface area contributed by atoms with E-state index < -0.39 is 15.9 Å². The SMILES string of the molecule is Cc1ccc(C(=O)NS(=O)(=O)c2ccc(CCNC(=O)[C@@H]3CCCN3C)cc2)c(OCc2ccc(Br)cc2)c1. The number of hydrogen-bond acceptors (Lipinski definition) is 6. The lowest BCUT2D eigenvalue weighted by atomic mass is 10.1. The van der Waals surface area contributed by atoms with Crippen LogP contribution in [0.15, 0.2) is 76.1 Å². The maximum Gasteiger partial charge on any atom is 0.268 e. The van der Waals surface area contributed by atoms with Gasteiger partial charge in [-0.15, -0.1) is 0 Å². The molecule has 0 aromatic heterocycles. The number of likely N-dealkylation sites (N-methyl/N-ethyl adjacent to an activating group) is 1. The predicted molar refractivity (Wildman–Crippen MR) is 153 cm³/mol. The van der Waals surface area contributed by atoms with Crippen LogP contribution in [0.25, 0.3) is 0 Å². The number of nitrogens with one attached hydrogen (secondary N) is 2. The molecule has 0 aliphatic carbocycles.